The van der Waals surface area contributed by atoms with E-state index in [0.717, 1.165) is 11.6 Å². The maximum atomic E-state index is 13.2. The highest BCUT2D eigenvalue weighted by Crippen LogP contribution is 2.18. The van der Waals surface area contributed by atoms with Crippen molar-refractivity contribution in [2.24, 2.45) is 0 Å². The van der Waals surface area contributed by atoms with E-state index in [4.69, 9.17) is 4.74 Å². The van der Waals surface area contributed by atoms with Gasteiger partial charge in [0.05, 0.1) is 11.6 Å². The number of rotatable bonds is 5. The molecule has 0 aliphatic heterocycles. The van der Waals surface area contributed by atoms with Gasteiger partial charge in [0.15, 0.2) is 6.61 Å². The maximum Gasteiger partial charge on any atom is 0.339 e. The molecule has 0 unspecified atom stereocenters. The molecule has 0 radical (unpaired) electrons. The first-order valence-electron chi connectivity index (χ1n) is 6.94. The predicted molar refractivity (Wildman–Crippen MR) is 87.4 cm³/mol. The Morgan fingerprint density at radius 2 is 1.91 bits per heavy atom. The summed E-state index contributed by atoms with van der Waals surface area (Å²) in [6.45, 7) is 1.40. The summed E-state index contributed by atoms with van der Waals surface area (Å²) in [5, 5.41) is 2.73. The van der Waals surface area contributed by atoms with Gasteiger partial charge >= 0.3 is 5.97 Å². The Morgan fingerprint density at radius 3 is 2.61 bits per heavy atom. The third kappa shape index (κ3) is 4.89. The molecule has 0 spiro atoms. The minimum Gasteiger partial charge on any atom is -0.452 e. The molecule has 0 aliphatic carbocycles. The Hall–Kier alpha value is -2.21. The summed E-state index contributed by atoms with van der Waals surface area (Å²) in [4.78, 5) is 23.7. The van der Waals surface area contributed by atoms with E-state index in [0.29, 0.717) is 4.47 Å². The molecule has 0 fully saturated rings. The molecule has 2 aromatic rings. The van der Waals surface area contributed by atoms with Crippen LogP contribution in [0.3, 0.4) is 0 Å². The van der Waals surface area contributed by atoms with Gasteiger partial charge in [0.1, 0.15) is 5.82 Å². The molecule has 120 valence electrons. The number of hydrogen-bond donors (Lipinski definition) is 1. The number of benzene rings is 2. The van der Waals surface area contributed by atoms with Crippen LogP contribution in [0.15, 0.2) is 53.0 Å². The summed E-state index contributed by atoms with van der Waals surface area (Å²) < 4.78 is 18.5. The van der Waals surface area contributed by atoms with Crippen molar-refractivity contribution in [1.82, 2.24) is 5.32 Å². The van der Waals surface area contributed by atoms with E-state index in [-0.39, 0.29) is 11.6 Å². The molecule has 1 N–H and O–H groups in total. The fraction of sp³-hybridized carbons (Fsp3) is 0.176. The van der Waals surface area contributed by atoms with Crippen LogP contribution in [0.25, 0.3) is 0 Å². The largest absolute Gasteiger partial charge is 0.452 e. The molecule has 0 saturated carbocycles. The van der Waals surface area contributed by atoms with Crippen molar-refractivity contribution in [2.45, 2.75) is 13.0 Å². The molecular formula is C17H15BrFNO3. The molecule has 0 heterocycles. The average Bonchev–Trinajstić information content (AvgIpc) is 2.55. The van der Waals surface area contributed by atoms with Crippen molar-refractivity contribution in [3.05, 3.63) is 69.9 Å². The van der Waals surface area contributed by atoms with Crippen molar-refractivity contribution < 1.29 is 18.7 Å². The highest BCUT2D eigenvalue weighted by atomic mass is 79.9. The molecule has 0 aliphatic rings. The number of ether oxygens (including phenoxy) is 1. The summed E-state index contributed by atoms with van der Waals surface area (Å²) in [6.07, 6.45) is 0. The first-order valence-corrected chi connectivity index (χ1v) is 7.73. The zero-order chi connectivity index (χ0) is 16.8. The van der Waals surface area contributed by atoms with Gasteiger partial charge in [-0.05, 0) is 46.6 Å². The number of nitrogens with one attached hydrogen (secondary N) is 1. The second kappa shape index (κ2) is 7.87. The molecule has 2 aromatic carbocycles. The molecule has 0 aromatic heterocycles. The van der Waals surface area contributed by atoms with Crippen molar-refractivity contribution in [1.29, 1.82) is 0 Å². The first-order chi connectivity index (χ1) is 11.0. The molecule has 0 saturated heterocycles. The summed E-state index contributed by atoms with van der Waals surface area (Å²) >= 11 is 3.14. The number of amides is 1. The summed E-state index contributed by atoms with van der Waals surface area (Å²) in [7, 11) is 0. The summed E-state index contributed by atoms with van der Waals surface area (Å²) in [5.74, 6) is -1.75. The fourth-order valence-corrected chi connectivity index (χ4v) is 2.38. The normalized spacial score (nSPS) is 11.6. The van der Waals surface area contributed by atoms with E-state index >= 15 is 0 Å². The minimum atomic E-state index is -0.765. The van der Waals surface area contributed by atoms with Crippen LogP contribution < -0.4 is 5.32 Å². The predicted octanol–water partition coefficient (Wildman–Crippen LogP) is 3.62. The molecular weight excluding hydrogens is 365 g/mol. The van der Waals surface area contributed by atoms with Gasteiger partial charge < -0.3 is 10.1 Å². The Bertz CT molecular complexity index is 706. The molecule has 2 rings (SSSR count). The molecule has 23 heavy (non-hydrogen) atoms. The van der Waals surface area contributed by atoms with Gasteiger partial charge in [-0.3, -0.25) is 4.79 Å². The maximum absolute atomic E-state index is 13.2. The second-order valence-electron chi connectivity index (χ2n) is 4.90. The quantitative estimate of drug-likeness (QED) is 0.807. The first kappa shape index (κ1) is 17.1. The topological polar surface area (TPSA) is 55.4 Å². The Labute approximate surface area is 141 Å². The van der Waals surface area contributed by atoms with Gasteiger partial charge in [0.25, 0.3) is 5.91 Å². The van der Waals surface area contributed by atoms with Crippen molar-refractivity contribution in [3.63, 3.8) is 0 Å². The number of carbonyl (C=O) groups excluding carboxylic acids is 2. The van der Waals surface area contributed by atoms with E-state index in [1.807, 2.05) is 37.3 Å². The lowest BCUT2D eigenvalue weighted by molar-refractivity contribution is -0.124. The minimum absolute atomic E-state index is 0.0360. The van der Waals surface area contributed by atoms with Crippen LogP contribution in [-0.2, 0) is 9.53 Å². The second-order valence-corrected chi connectivity index (χ2v) is 5.75. The lowest BCUT2D eigenvalue weighted by atomic mass is 10.1. The Morgan fingerprint density at radius 1 is 1.22 bits per heavy atom. The summed E-state index contributed by atoms with van der Waals surface area (Å²) in [6, 6.07) is 12.9. The number of hydrogen-bond acceptors (Lipinski definition) is 3. The highest BCUT2D eigenvalue weighted by Gasteiger charge is 2.15. The average molecular weight is 380 g/mol. The van der Waals surface area contributed by atoms with E-state index in [2.05, 4.69) is 21.2 Å². The van der Waals surface area contributed by atoms with Crippen LogP contribution in [0, 0.1) is 5.82 Å². The highest BCUT2D eigenvalue weighted by molar-refractivity contribution is 9.10. The smallest absolute Gasteiger partial charge is 0.339 e. The van der Waals surface area contributed by atoms with Gasteiger partial charge in [-0.15, -0.1) is 0 Å². The van der Waals surface area contributed by atoms with Gasteiger partial charge in [-0.1, -0.05) is 30.3 Å². The standard InChI is InChI=1S/C17H15BrFNO3/c1-11(12-5-3-2-4-6-12)20-16(21)10-23-17(22)14-9-13(19)7-8-15(14)18/h2-9,11H,10H2,1H3,(H,20,21)/t11-/m0/s1. The zero-order valence-corrected chi connectivity index (χ0v) is 14.0. The van der Waals surface area contributed by atoms with E-state index in [1.54, 1.807) is 0 Å². The van der Waals surface area contributed by atoms with Crippen LogP contribution in [-0.4, -0.2) is 18.5 Å². The number of esters is 1. The van der Waals surface area contributed by atoms with Crippen molar-refractivity contribution >= 4 is 27.8 Å². The Kier molecular flexibility index (Phi) is 5.87. The summed E-state index contributed by atoms with van der Waals surface area (Å²) in [5.41, 5.74) is 0.981. The molecule has 1 amide bonds. The van der Waals surface area contributed by atoms with Crippen LogP contribution in [0.4, 0.5) is 4.39 Å². The van der Waals surface area contributed by atoms with E-state index < -0.39 is 24.3 Å². The third-order valence-electron chi connectivity index (χ3n) is 3.16. The number of halogens is 2. The SMILES string of the molecule is C[C@H](NC(=O)COC(=O)c1cc(F)ccc1Br)c1ccccc1. The lowest BCUT2D eigenvalue weighted by Crippen LogP contribution is -2.31. The third-order valence-corrected chi connectivity index (χ3v) is 3.85. The van der Waals surface area contributed by atoms with Crippen LogP contribution >= 0.6 is 15.9 Å². The van der Waals surface area contributed by atoms with Gasteiger partial charge in [-0.2, -0.15) is 0 Å². The van der Waals surface area contributed by atoms with Gasteiger partial charge in [-0.25, -0.2) is 9.18 Å². The van der Waals surface area contributed by atoms with Gasteiger partial charge in [0.2, 0.25) is 0 Å². The van der Waals surface area contributed by atoms with Gasteiger partial charge in [0, 0.05) is 4.47 Å². The number of carbonyl (C=O) groups is 2. The van der Waals surface area contributed by atoms with E-state index in [9.17, 15) is 14.0 Å². The monoisotopic (exact) mass is 379 g/mol. The fourth-order valence-electron chi connectivity index (χ4n) is 1.97. The Balaban J connectivity index is 1.89. The lowest BCUT2D eigenvalue weighted by Gasteiger charge is -2.14. The molecule has 1 atom stereocenters. The van der Waals surface area contributed by atoms with Crippen molar-refractivity contribution in [2.75, 3.05) is 6.61 Å². The van der Waals surface area contributed by atoms with Crippen molar-refractivity contribution in [3.8, 4) is 0 Å². The molecule has 6 heteroatoms. The van der Waals surface area contributed by atoms with E-state index in [1.165, 1.54) is 12.1 Å². The van der Waals surface area contributed by atoms with Crippen LogP contribution in [0.5, 0.6) is 0 Å². The zero-order valence-electron chi connectivity index (χ0n) is 12.4. The molecule has 0 bridgehead atoms. The van der Waals surface area contributed by atoms with Crippen LogP contribution in [0.1, 0.15) is 28.9 Å². The molecule has 4 nitrogen and oxygen atoms in total. The van der Waals surface area contributed by atoms with Crippen LogP contribution in [0.2, 0.25) is 0 Å².